The molecule has 0 aliphatic rings. The first-order valence-corrected chi connectivity index (χ1v) is 6.68. The number of alkyl halides is 1. The third-order valence-electron chi connectivity index (χ3n) is 2.79. The van der Waals surface area contributed by atoms with Crippen molar-refractivity contribution in [1.82, 2.24) is 9.78 Å². The van der Waals surface area contributed by atoms with Crippen LogP contribution in [0, 0.1) is 19.7 Å². The molecule has 0 aliphatic heterocycles. The highest BCUT2D eigenvalue weighted by molar-refractivity contribution is 9.08. The van der Waals surface area contributed by atoms with Gasteiger partial charge in [0.1, 0.15) is 0 Å². The molecule has 0 N–H and O–H groups in total. The number of halogens is 2. The van der Waals surface area contributed by atoms with E-state index >= 15 is 0 Å². The molecule has 0 bridgehead atoms. The Morgan fingerprint density at radius 2 is 2.11 bits per heavy atom. The number of aromatic nitrogens is 2. The van der Waals surface area contributed by atoms with E-state index in [1.807, 2.05) is 6.92 Å². The van der Waals surface area contributed by atoms with E-state index in [0.717, 1.165) is 11.3 Å². The Morgan fingerprint density at radius 3 is 2.78 bits per heavy atom. The molecule has 2 aromatic rings. The summed E-state index contributed by atoms with van der Waals surface area (Å²) < 4.78 is 21.2. The number of rotatable bonds is 3. The van der Waals surface area contributed by atoms with E-state index in [9.17, 15) is 4.39 Å². The summed E-state index contributed by atoms with van der Waals surface area (Å²) in [6, 6.07) is 5.09. The Balaban J connectivity index is 2.43. The van der Waals surface area contributed by atoms with E-state index in [-0.39, 0.29) is 11.6 Å². The standard InChI is InChI=1S/C13H14BrFN2O/c1-8-5-4-6-11(12(8)15)18-13-10(7-14)9(2)16-17(13)3/h4-6H,7H2,1-3H3. The van der Waals surface area contributed by atoms with Crippen LogP contribution in [-0.4, -0.2) is 9.78 Å². The summed E-state index contributed by atoms with van der Waals surface area (Å²) in [4.78, 5) is 0. The molecule has 0 atom stereocenters. The molecule has 1 aromatic carbocycles. The lowest BCUT2D eigenvalue weighted by atomic mass is 10.2. The van der Waals surface area contributed by atoms with E-state index in [2.05, 4.69) is 21.0 Å². The molecule has 0 saturated carbocycles. The van der Waals surface area contributed by atoms with Gasteiger partial charge in [0.25, 0.3) is 0 Å². The van der Waals surface area contributed by atoms with Gasteiger partial charge < -0.3 is 4.74 Å². The molecule has 0 radical (unpaired) electrons. The minimum atomic E-state index is -0.336. The predicted octanol–water partition coefficient (Wildman–Crippen LogP) is 3.86. The molecule has 1 aromatic heterocycles. The second kappa shape index (κ2) is 5.10. The van der Waals surface area contributed by atoms with Crippen LogP contribution in [0.5, 0.6) is 11.6 Å². The third kappa shape index (κ3) is 2.27. The van der Waals surface area contributed by atoms with Gasteiger partial charge in [0.15, 0.2) is 11.6 Å². The lowest BCUT2D eigenvalue weighted by Gasteiger charge is -2.09. The van der Waals surface area contributed by atoms with E-state index in [1.165, 1.54) is 0 Å². The van der Waals surface area contributed by atoms with Crippen molar-refractivity contribution in [2.45, 2.75) is 19.2 Å². The summed E-state index contributed by atoms with van der Waals surface area (Å²) >= 11 is 3.39. The largest absolute Gasteiger partial charge is 0.436 e. The first kappa shape index (κ1) is 13.1. The highest BCUT2D eigenvalue weighted by atomic mass is 79.9. The molecule has 0 spiro atoms. The third-order valence-corrected chi connectivity index (χ3v) is 3.35. The van der Waals surface area contributed by atoms with Gasteiger partial charge in [0.2, 0.25) is 5.88 Å². The minimum Gasteiger partial charge on any atom is -0.436 e. The van der Waals surface area contributed by atoms with Crippen molar-refractivity contribution in [3.05, 3.63) is 40.8 Å². The Labute approximate surface area is 114 Å². The van der Waals surface area contributed by atoms with Gasteiger partial charge in [-0.1, -0.05) is 28.1 Å². The number of ether oxygens (including phenoxy) is 1. The SMILES string of the molecule is Cc1cccc(Oc2c(CBr)c(C)nn2C)c1F. The molecule has 3 nitrogen and oxygen atoms in total. The molecular formula is C13H14BrFN2O. The number of hydrogen-bond acceptors (Lipinski definition) is 2. The zero-order chi connectivity index (χ0) is 13.3. The topological polar surface area (TPSA) is 27.1 Å². The Morgan fingerprint density at radius 1 is 1.39 bits per heavy atom. The maximum absolute atomic E-state index is 13.9. The van der Waals surface area contributed by atoms with Gasteiger partial charge in [-0.15, -0.1) is 0 Å². The van der Waals surface area contributed by atoms with Crippen LogP contribution in [-0.2, 0) is 12.4 Å². The summed E-state index contributed by atoms with van der Waals surface area (Å²) in [6.45, 7) is 3.61. The summed E-state index contributed by atoms with van der Waals surface area (Å²) in [5.41, 5.74) is 2.36. The lowest BCUT2D eigenvalue weighted by Crippen LogP contribution is -1.98. The predicted molar refractivity (Wildman–Crippen MR) is 71.8 cm³/mol. The lowest BCUT2D eigenvalue weighted by molar-refractivity contribution is 0.399. The van der Waals surface area contributed by atoms with Crippen LogP contribution in [0.2, 0.25) is 0 Å². The van der Waals surface area contributed by atoms with Gasteiger partial charge in [-0.05, 0) is 25.5 Å². The van der Waals surface area contributed by atoms with E-state index in [0.29, 0.717) is 16.8 Å². The maximum Gasteiger partial charge on any atom is 0.222 e. The fourth-order valence-corrected chi connectivity index (χ4v) is 2.41. The molecule has 2 rings (SSSR count). The molecule has 0 aliphatic carbocycles. The van der Waals surface area contributed by atoms with Crippen LogP contribution in [0.1, 0.15) is 16.8 Å². The Hall–Kier alpha value is -1.36. The molecular weight excluding hydrogens is 299 g/mol. The Kier molecular flexibility index (Phi) is 3.71. The van der Waals surface area contributed by atoms with Gasteiger partial charge in [-0.2, -0.15) is 5.10 Å². The van der Waals surface area contributed by atoms with Gasteiger partial charge in [-0.25, -0.2) is 9.07 Å². The average Bonchev–Trinajstić information content (AvgIpc) is 2.59. The van der Waals surface area contributed by atoms with Crippen LogP contribution < -0.4 is 4.74 Å². The zero-order valence-corrected chi connectivity index (χ0v) is 12.1. The van der Waals surface area contributed by atoms with E-state index in [1.54, 1.807) is 36.9 Å². The Bertz CT molecular complexity index is 581. The summed E-state index contributed by atoms with van der Waals surface area (Å²) in [6.07, 6.45) is 0. The van der Waals surface area contributed by atoms with Crippen molar-refractivity contribution in [3.8, 4) is 11.6 Å². The monoisotopic (exact) mass is 312 g/mol. The molecule has 0 amide bonds. The van der Waals surface area contributed by atoms with Gasteiger partial charge in [0, 0.05) is 17.9 Å². The van der Waals surface area contributed by atoms with Crippen molar-refractivity contribution < 1.29 is 9.13 Å². The van der Waals surface area contributed by atoms with Crippen molar-refractivity contribution in [2.24, 2.45) is 7.05 Å². The second-order valence-electron chi connectivity index (χ2n) is 4.12. The first-order chi connectivity index (χ1) is 8.54. The highest BCUT2D eigenvalue weighted by Crippen LogP contribution is 2.31. The van der Waals surface area contributed by atoms with Crippen LogP contribution in [0.4, 0.5) is 4.39 Å². The fourth-order valence-electron chi connectivity index (χ4n) is 1.77. The number of nitrogens with zero attached hydrogens (tertiary/aromatic N) is 2. The molecule has 1 heterocycles. The average molecular weight is 313 g/mol. The normalized spacial score (nSPS) is 10.7. The van der Waals surface area contributed by atoms with Gasteiger partial charge in [-0.3, -0.25) is 0 Å². The van der Waals surface area contributed by atoms with Crippen LogP contribution >= 0.6 is 15.9 Å². The zero-order valence-electron chi connectivity index (χ0n) is 10.5. The van der Waals surface area contributed by atoms with Crippen LogP contribution in [0.25, 0.3) is 0 Å². The molecule has 5 heteroatoms. The second-order valence-corrected chi connectivity index (χ2v) is 4.68. The van der Waals surface area contributed by atoms with E-state index < -0.39 is 0 Å². The fraction of sp³-hybridized carbons (Fsp3) is 0.308. The summed E-state index contributed by atoms with van der Waals surface area (Å²) in [5.74, 6) is 0.450. The summed E-state index contributed by atoms with van der Waals surface area (Å²) in [7, 11) is 1.78. The van der Waals surface area contributed by atoms with Crippen molar-refractivity contribution in [3.63, 3.8) is 0 Å². The number of benzene rings is 1. The van der Waals surface area contributed by atoms with Crippen molar-refractivity contribution in [1.29, 1.82) is 0 Å². The number of hydrogen-bond donors (Lipinski definition) is 0. The molecule has 18 heavy (non-hydrogen) atoms. The molecule has 96 valence electrons. The first-order valence-electron chi connectivity index (χ1n) is 5.56. The molecule has 0 fully saturated rings. The van der Waals surface area contributed by atoms with Crippen molar-refractivity contribution >= 4 is 15.9 Å². The van der Waals surface area contributed by atoms with E-state index in [4.69, 9.17) is 4.74 Å². The van der Waals surface area contributed by atoms with Gasteiger partial charge in [0.05, 0.1) is 5.69 Å². The quantitative estimate of drug-likeness (QED) is 0.805. The highest BCUT2D eigenvalue weighted by Gasteiger charge is 2.16. The van der Waals surface area contributed by atoms with Crippen LogP contribution in [0.15, 0.2) is 18.2 Å². The minimum absolute atomic E-state index is 0.222. The van der Waals surface area contributed by atoms with Gasteiger partial charge >= 0.3 is 0 Å². The summed E-state index contributed by atoms with van der Waals surface area (Å²) in [5, 5.41) is 4.89. The smallest absolute Gasteiger partial charge is 0.222 e. The molecule has 0 saturated heterocycles. The maximum atomic E-state index is 13.9. The van der Waals surface area contributed by atoms with Crippen molar-refractivity contribution in [2.75, 3.05) is 0 Å². The molecule has 0 unspecified atom stereocenters. The van der Waals surface area contributed by atoms with Crippen LogP contribution in [0.3, 0.4) is 0 Å². The number of aryl methyl sites for hydroxylation is 3.